The van der Waals surface area contributed by atoms with Crippen molar-refractivity contribution in [3.63, 3.8) is 0 Å². The number of esters is 1. The zero-order valence-corrected chi connectivity index (χ0v) is 19.1. The third kappa shape index (κ3) is 4.41. The molecule has 0 bridgehead atoms. The summed E-state index contributed by atoms with van der Waals surface area (Å²) in [6, 6.07) is 20.1. The van der Waals surface area contributed by atoms with Crippen LogP contribution in [0.4, 0.5) is 5.69 Å². The quantitative estimate of drug-likeness (QED) is 0.247. The predicted octanol–water partition coefficient (Wildman–Crippen LogP) is 6.86. The van der Waals surface area contributed by atoms with Gasteiger partial charge in [0.15, 0.2) is 12.4 Å². The summed E-state index contributed by atoms with van der Waals surface area (Å²) in [5.41, 5.74) is 4.14. The summed E-state index contributed by atoms with van der Waals surface area (Å²) in [5, 5.41) is 4.91. The van der Waals surface area contributed by atoms with Crippen LogP contribution < -0.4 is 5.32 Å². The minimum atomic E-state index is -0.515. The summed E-state index contributed by atoms with van der Waals surface area (Å²) in [6.07, 6.45) is 5.37. The van der Waals surface area contributed by atoms with E-state index in [1.807, 2.05) is 24.3 Å². The predicted molar refractivity (Wildman–Crippen MR) is 130 cm³/mol. The summed E-state index contributed by atoms with van der Waals surface area (Å²) in [5.74, 6) is -0.246. The Morgan fingerprint density at radius 3 is 2.30 bits per heavy atom. The van der Waals surface area contributed by atoms with E-state index >= 15 is 0 Å². The second kappa shape index (κ2) is 9.05. The number of ketones is 1. The van der Waals surface area contributed by atoms with Crippen LogP contribution in [0.5, 0.6) is 0 Å². The molecule has 0 amide bonds. The van der Waals surface area contributed by atoms with Gasteiger partial charge in [-0.15, -0.1) is 0 Å². The van der Waals surface area contributed by atoms with E-state index in [0.717, 1.165) is 17.7 Å². The maximum atomic E-state index is 12.7. The number of rotatable bonds is 5. The highest BCUT2D eigenvalue weighted by Gasteiger charge is 2.38. The molecule has 0 saturated heterocycles. The molecule has 3 aromatic rings. The van der Waals surface area contributed by atoms with Crippen molar-refractivity contribution in [1.29, 1.82) is 0 Å². The highest BCUT2D eigenvalue weighted by atomic mass is 35.5. The largest absolute Gasteiger partial charge is 0.454 e. The maximum Gasteiger partial charge on any atom is 0.338 e. The summed E-state index contributed by atoms with van der Waals surface area (Å²) >= 11 is 11.9. The average molecular weight is 478 g/mol. The fourth-order valence-electron chi connectivity index (χ4n) is 4.66. The molecule has 0 aromatic heterocycles. The molecule has 0 radical (unpaired) electrons. The van der Waals surface area contributed by atoms with Crippen LogP contribution in [-0.2, 0) is 4.74 Å². The fourth-order valence-corrected chi connectivity index (χ4v) is 4.91. The summed E-state index contributed by atoms with van der Waals surface area (Å²) in [6.45, 7) is -0.319. The lowest BCUT2D eigenvalue weighted by atomic mass is 9.76. The molecule has 1 aliphatic carbocycles. The van der Waals surface area contributed by atoms with E-state index < -0.39 is 5.97 Å². The van der Waals surface area contributed by atoms with Gasteiger partial charge in [0.25, 0.3) is 0 Å². The van der Waals surface area contributed by atoms with E-state index in [2.05, 4.69) is 29.6 Å². The van der Waals surface area contributed by atoms with Gasteiger partial charge in [0.2, 0.25) is 0 Å². The van der Waals surface area contributed by atoms with Gasteiger partial charge in [0, 0.05) is 27.2 Å². The highest BCUT2D eigenvalue weighted by Crippen LogP contribution is 2.50. The number of carbonyl (C=O) groups excluding carboxylic acids is 2. The molecule has 0 unspecified atom stereocenters. The number of anilines is 1. The molecule has 0 spiro atoms. The molecule has 0 fully saturated rings. The molecule has 33 heavy (non-hydrogen) atoms. The van der Waals surface area contributed by atoms with Gasteiger partial charge < -0.3 is 10.1 Å². The first-order valence-electron chi connectivity index (χ1n) is 10.8. The van der Waals surface area contributed by atoms with Crippen molar-refractivity contribution in [2.45, 2.75) is 18.4 Å². The van der Waals surface area contributed by atoms with Crippen LogP contribution in [0.1, 0.15) is 50.2 Å². The molecule has 4 nitrogen and oxygen atoms in total. The van der Waals surface area contributed by atoms with Crippen molar-refractivity contribution in [3.05, 3.63) is 111 Å². The van der Waals surface area contributed by atoms with Crippen LogP contribution in [0.25, 0.3) is 0 Å². The number of nitrogens with one attached hydrogen (secondary N) is 1. The van der Waals surface area contributed by atoms with Gasteiger partial charge in [-0.05, 0) is 78.1 Å². The first kappa shape index (κ1) is 21.7. The minimum absolute atomic E-state index is 0.157. The Morgan fingerprint density at radius 1 is 0.909 bits per heavy atom. The maximum absolute atomic E-state index is 12.7. The molecule has 0 saturated carbocycles. The zero-order valence-electron chi connectivity index (χ0n) is 17.6. The van der Waals surface area contributed by atoms with Gasteiger partial charge in [-0.2, -0.15) is 0 Å². The Kier molecular flexibility index (Phi) is 5.96. The minimum Gasteiger partial charge on any atom is -0.454 e. The lowest BCUT2D eigenvalue weighted by Gasteiger charge is -2.37. The first-order valence-corrected chi connectivity index (χ1v) is 11.5. The zero-order chi connectivity index (χ0) is 22.9. The second-order valence-corrected chi connectivity index (χ2v) is 9.21. The number of ether oxygens (including phenoxy) is 1. The van der Waals surface area contributed by atoms with Gasteiger partial charge in [-0.3, -0.25) is 4.79 Å². The molecule has 166 valence electrons. The number of fused-ring (bicyclic) bond motifs is 3. The molecule has 6 heteroatoms. The molecule has 3 atom stereocenters. The first-order chi connectivity index (χ1) is 16.0. The van der Waals surface area contributed by atoms with Gasteiger partial charge >= 0.3 is 5.97 Å². The van der Waals surface area contributed by atoms with E-state index in [9.17, 15) is 9.59 Å². The number of allylic oxidation sites excluding steroid dienone is 2. The van der Waals surface area contributed by atoms with Gasteiger partial charge in [0.1, 0.15) is 0 Å². The Morgan fingerprint density at radius 2 is 1.58 bits per heavy atom. The SMILES string of the molecule is O=C(COC(=O)c1ccc2c(c1)[C@@H]1C=CC[C@H]1[C@H](c1ccc(Cl)cc1)N2)c1ccc(Cl)cc1. The van der Waals surface area contributed by atoms with E-state index in [4.69, 9.17) is 27.9 Å². The number of hydrogen-bond donors (Lipinski definition) is 1. The third-order valence-electron chi connectivity index (χ3n) is 6.33. The third-order valence-corrected chi connectivity index (χ3v) is 6.83. The number of carbonyl (C=O) groups is 2. The van der Waals surface area contributed by atoms with Crippen molar-refractivity contribution in [1.82, 2.24) is 0 Å². The fraction of sp³-hybridized carbons (Fsp3) is 0.185. The Labute approximate surface area is 202 Å². The molecule has 2 aliphatic rings. The summed E-state index contributed by atoms with van der Waals surface area (Å²) in [7, 11) is 0. The Balaban J connectivity index is 1.33. The molecule has 3 aromatic carbocycles. The molecular formula is C27H21Cl2NO3. The van der Waals surface area contributed by atoms with Crippen LogP contribution >= 0.6 is 23.2 Å². The monoisotopic (exact) mass is 477 g/mol. The van der Waals surface area contributed by atoms with Crippen molar-refractivity contribution < 1.29 is 14.3 Å². The molecule has 1 heterocycles. The van der Waals surface area contributed by atoms with Gasteiger partial charge in [0.05, 0.1) is 11.6 Å². The molecule has 1 N–H and O–H groups in total. The van der Waals surface area contributed by atoms with Crippen LogP contribution in [0.3, 0.4) is 0 Å². The number of hydrogen-bond acceptors (Lipinski definition) is 4. The van der Waals surface area contributed by atoms with Crippen LogP contribution in [0.15, 0.2) is 78.9 Å². The summed E-state index contributed by atoms with van der Waals surface area (Å²) in [4.78, 5) is 25.0. The lowest BCUT2D eigenvalue weighted by molar-refractivity contribution is 0.0474. The van der Waals surface area contributed by atoms with Crippen LogP contribution in [0.2, 0.25) is 10.0 Å². The van der Waals surface area contributed by atoms with Crippen molar-refractivity contribution >= 4 is 40.6 Å². The highest BCUT2D eigenvalue weighted by molar-refractivity contribution is 6.30. The standard InChI is InChI=1S/C27H21Cl2NO3/c28-19-9-4-16(5-10-19)25(31)15-33-27(32)18-8-13-24-23(14-18)21-2-1-3-22(21)26(30-24)17-6-11-20(29)12-7-17/h1-2,4-14,21-22,26,30H,3,15H2/t21-,22-,26+/m1/s1. The van der Waals surface area contributed by atoms with E-state index in [0.29, 0.717) is 27.1 Å². The Hall–Kier alpha value is -3.08. The lowest BCUT2D eigenvalue weighted by Crippen LogP contribution is -2.29. The van der Waals surface area contributed by atoms with E-state index in [1.54, 1.807) is 30.3 Å². The Bertz CT molecular complexity index is 1240. The second-order valence-electron chi connectivity index (χ2n) is 8.34. The van der Waals surface area contributed by atoms with E-state index in [-0.39, 0.29) is 24.3 Å². The molecule has 5 rings (SSSR count). The average Bonchev–Trinajstić information content (AvgIpc) is 3.33. The number of halogens is 2. The molecule has 1 aliphatic heterocycles. The van der Waals surface area contributed by atoms with Crippen molar-refractivity contribution in [2.75, 3.05) is 11.9 Å². The number of Topliss-reactive ketones (excluding diaryl/α,β-unsaturated/α-hetero) is 1. The van der Waals surface area contributed by atoms with E-state index in [1.165, 1.54) is 5.56 Å². The van der Waals surface area contributed by atoms with Gasteiger partial charge in [-0.25, -0.2) is 4.79 Å². The smallest absolute Gasteiger partial charge is 0.338 e. The molecular weight excluding hydrogens is 457 g/mol. The summed E-state index contributed by atoms with van der Waals surface area (Å²) < 4.78 is 5.31. The van der Waals surface area contributed by atoms with Crippen molar-refractivity contribution in [3.8, 4) is 0 Å². The van der Waals surface area contributed by atoms with Crippen LogP contribution in [-0.4, -0.2) is 18.4 Å². The van der Waals surface area contributed by atoms with Crippen molar-refractivity contribution in [2.24, 2.45) is 5.92 Å². The number of benzene rings is 3. The van der Waals surface area contributed by atoms with Crippen LogP contribution in [0, 0.1) is 5.92 Å². The normalized spacial score (nSPS) is 20.5. The topological polar surface area (TPSA) is 55.4 Å². The van der Waals surface area contributed by atoms with Gasteiger partial charge in [-0.1, -0.05) is 47.5 Å².